The molecular weight excluding hydrogens is 360 g/mol. The molecule has 1 saturated heterocycles. The number of nitrogens with one attached hydrogen (secondary N) is 1. The van der Waals surface area contributed by atoms with Gasteiger partial charge in [-0.15, -0.1) is 0 Å². The van der Waals surface area contributed by atoms with E-state index in [2.05, 4.69) is 14.9 Å². The first-order chi connectivity index (χ1) is 11.3. The van der Waals surface area contributed by atoms with E-state index in [0.717, 1.165) is 12.1 Å². The van der Waals surface area contributed by atoms with Gasteiger partial charge in [-0.25, -0.2) is 23.1 Å². The van der Waals surface area contributed by atoms with E-state index < -0.39 is 27.6 Å². The smallest absolute Gasteiger partial charge is 0.299 e. The van der Waals surface area contributed by atoms with Crippen LogP contribution in [0.3, 0.4) is 0 Å². The maximum Gasteiger partial charge on any atom is 0.299 e. The van der Waals surface area contributed by atoms with E-state index in [1.165, 1.54) is 0 Å². The number of amidine groups is 2. The van der Waals surface area contributed by atoms with Gasteiger partial charge in [-0.2, -0.15) is 0 Å². The molecule has 2 unspecified atom stereocenters. The standard InChI is InChI=1S/C13H15ClN4O5S/c1-24(20,21)17-11(19)7-6-13-8(9(13)23-7)10(15-12(14)16-13)18-2-4-22-5-3-18/h6,8-9H,2-5H2,1H3,(H,17,19)/t8?,9?,13-/m0/s1. The number of fused-ring (bicyclic) bond motifs is 1. The van der Waals surface area contributed by atoms with E-state index in [9.17, 15) is 13.2 Å². The molecule has 1 amide bonds. The van der Waals surface area contributed by atoms with Crippen LogP contribution >= 0.6 is 11.6 Å². The van der Waals surface area contributed by atoms with Crippen molar-refractivity contribution >= 4 is 38.7 Å². The summed E-state index contributed by atoms with van der Waals surface area (Å²) in [5, 5.41) is 0.0971. The summed E-state index contributed by atoms with van der Waals surface area (Å²) in [5.74, 6) is -0.201. The number of amides is 1. The third-order valence-electron chi connectivity index (χ3n) is 4.37. The number of aliphatic imine (C=N–C) groups is 2. The summed E-state index contributed by atoms with van der Waals surface area (Å²) in [6.45, 7) is 2.62. The summed E-state index contributed by atoms with van der Waals surface area (Å²) in [6, 6.07) is 0. The number of hydrogen-bond donors (Lipinski definition) is 1. The highest BCUT2D eigenvalue weighted by atomic mass is 35.5. The van der Waals surface area contributed by atoms with Crippen LogP contribution in [0, 0.1) is 5.92 Å². The average Bonchev–Trinajstić information content (AvgIpc) is 2.95. The molecule has 130 valence electrons. The van der Waals surface area contributed by atoms with Gasteiger partial charge in [0, 0.05) is 13.1 Å². The number of sulfonamides is 1. The Morgan fingerprint density at radius 3 is 2.83 bits per heavy atom. The summed E-state index contributed by atoms with van der Waals surface area (Å²) < 4.78 is 35.2. The number of nitrogens with zero attached hydrogens (tertiary/aromatic N) is 3. The van der Waals surface area contributed by atoms with E-state index in [1.807, 2.05) is 4.72 Å². The van der Waals surface area contributed by atoms with Crippen LogP contribution in [0.5, 0.6) is 0 Å². The molecule has 3 heterocycles. The first-order valence-electron chi connectivity index (χ1n) is 7.38. The third kappa shape index (κ3) is 2.49. The predicted molar refractivity (Wildman–Crippen MR) is 85.3 cm³/mol. The molecule has 1 aliphatic carbocycles. The molecule has 3 aliphatic heterocycles. The van der Waals surface area contributed by atoms with E-state index in [0.29, 0.717) is 26.3 Å². The molecule has 2 fully saturated rings. The fourth-order valence-electron chi connectivity index (χ4n) is 3.33. The van der Waals surface area contributed by atoms with Crippen molar-refractivity contribution in [3.8, 4) is 0 Å². The fourth-order valence-corrected chi connectivity index (χ4v) is 4.00. The van der Waals surface area contributed by atoms with Crippen molar-refractivity contribution in [2.45, 2.75) is 11.6 Å². The molecule has 0 aromatic rings. The Labute approximate surface area is 143 Å². The second-order valence-corrected chi connectivity index (χ2v) is 8.15. The van der Waals surface area contributed by atoms with Crippen LogP contribution in [0.1, 0.15) is 0 Å². The van der Waals surface area contributed by atoms with E-state index in [-0.39, 0.29) is 17.0 Å². The van der Waals surface area contributed by atoms with Gasteiger partial charge in [0.1, 0.15) is 17.5 Å². The maximum absolute atomic E-state index is 11.9. The molecule has 1 N–H and O–H groups in total. The Morgan fingerprint density at radius 2 is 2.17 bits per heavy atom. The van der Waals surface area contributed by atoms with Gasteiger partial charge in [0.2, 0.25) is 15.3 Å². The highest BCUT2D eigenvalue weighted by molar-refractivity contribution is 7.89. The first-order valence-corrected chi connectivity index (χ1v) is 9.65. The fraction of sp³-hybridized carbons (Fsp3) is 0.615. The molecule has 3 atom stereocenters. The number of morpholine rings is 1. The number of carbonyl (C=O) groups excluding carboxylic acids is 1. The summed E-state index contributed by atoms with van der Waals surface area (Å²) >= 11 is 6.07. The molecular formula is C13H15ClN4O5S. The van der Waals surface area contributed by atoms with Crippen LogP contribution in [0.4, 0.5) is 0 Å². The number of halogens is 1. The monoisotopic (exact) mass is 374 g/mol. The molecule has 0 bridgehead atoms. The van der Waals surface area contributed by atoms with Crippen LogP contribution in [0.25, 0.3) is 0 Å². The van der Waals surface area contributed by atoms with Gasteiger partial charge in [-0.1, -0.05) is 0 Å². The van der Waals surface area contributed by atoms with E-state index in [4.69, 9.17) is 21.1 Å². The van der Waals surface area contributed by atoms with Gasteiger partial charge >= 0.3 is 0 Å². The Balaban J connectivity index is 1.58. The highest BCUT2D eigenvalue weighted by Gasteiger charge is 2.74. The summed E-state index contributed by atoms with van der Waals surface area (Å²) in [4.78, 5) is 22.7. The van der Waals surface area contributed by atoms with Crippen LogP contribution in [0.15, 0.2) is 21.8 Å². The molecule has 0 aromatic heterocycles. The third-order valence-corrected chi connectivity index (χ3v) is 5.10. The number of hydrogen-bond acceptors (Lipinski definition) is 8. The molecule has 11 heteroatoms. The second-order valence-electron chi connectivity index (χ2n) is 6.07. The van der Waals surface area contributed by atoms with Crippen LogP contribution in [-0.2, 0) is 24.3 Å². The molecule has 0 aromatic carbocycles. The Kier molecular flexibility index (Phi) is 3.42. The minimum absolute atomic E-state index is 0.0573. The van der Waals surface area contributed by atoms with Gasteiger partial charge in [-0.05, 0) is 17.7 Å². The predicted octanol–water partition coefficient (Wildman–Crippen LogP) is -0.947. The van der Waals surface area contributed by atoms with Gasteiger partial charge in [0.15, 0.2) is 5.76 Å². The molecule has 4 rings (SSSR count). The van der Waals surface area contributed by atoms with E-state index in [1.54, 1.807) is 6.08 Å². The van der Waals surface area contributed by atoms with Gasteiger partial charge < -0.3 is 14.4 Å². The molecule has 4 aliphatic rings. The molecule has 1 saturated carbocycles. The number of carbonyl (C=O) groups is 1. The maximum atomic E-state index is 11.9. The lowest BCUT2D eigenvalue weighted by molar-refractivity contribution is -0.119. The normalized spacial score (nSPS) is 34.2. The highest BCUT2D eigenvalue weighted by Crippen LogP contribution is 2.59. The van der Waals surface area contributed by atoms with E-state index >= 15 is 0 Å². The zero-order chi connectivity index (χ0) is 17.1. The van der Waals surface area contributed by atoms with Crippen molar-refractivity contribution in [2.75, 3.05) is 32.6 Å². The Bertz CT molecular complexity index is 801. The quantitative estimate of drug-likeness (QED) is 0.624. The Morgan fingerprint density at radius 1 is 1.46 bits per heavy atom. The zero-order valence-corrected chi connectivity index (χ0v) is 14.3. The minimum Gasteiger partial charge on any atom is -0.481 e. The topological polar surface area (TPSA) is 110 Å². The molecule has 9 nitrogen and oxygen atoms in total. The second kappa shape index (κ2) is 5.17. The lowest BCUT2D eigenvalue weighted by atomic mass is 10.1. The average molecular weight is 375 g/mol. The first kappa shape index (κ1) is 15.9. The van der Waals surface area contributed by atoms with Gasteiger partial charge in [0.25, 0.3) is 5.91 Å². The lowest BCUT2D eigenvalue weighted by Gasteiger charge is -2.31. The Hall–Kier alpha value is -1.65. The zero-order valence-electron chi connectivity index (χ0n) is 12.7. The molecule has 0 radical (unpaired) electrons. The van der Waals surface area contributed by atoms with Crippen LogP contribution < -0.4 is 4.72 Å². The van der Waals surface area contributed by atoms with Crippen LogP contribution in [0.2, 0.25) is 0 Å². The summed E-state index contributed by atoms with van der Waals surface area (Å²) in [5.41, 5.74) is -0.767. The van der Waals surface area contributed by atoms with Crippen molar-refractivity contribution < 1.29 is 22.7 Å². The molecule has 24 heavy (non-hydrogen) atoms. The summed E-state index contributed by atoms with van der Waals surface area (Å²) in [6.07, 6.45) is 2.05. The van der Waals surface area contributed by atoms with Crippen molar-refractivity contribution in [1.29, 1.82) is 0 Å². The lowest BCUT2D eigenvalue weighted by Crippen LogP contribution is -2.44. The van der Waals surface area contributed by atoms with Gasteiger partial charge in [-0.3, -0.25) is 4.79 Å². The van der Waals surface area contributed by atoms with Crippen molar-refractivity contribution in [2.24, 2.45) is 15.9 Å². The van der Waals surface area contributed by atoms with Crippen molar-refractivity contribution in [3.05, 3.63) is 11.8 Å². The molecule has 1 spiro atoms. The largest absolute Gasteiger partial charge is 0.481 e. The van der Waals surface area contributed by atoms with Crippen molar-refractivity contribution in [3.63, 3.8) is 0 Å². The number of ether oxygens (including phenoxy) is 2. The summed E-state index contributed by atoms with van der Waals surface area (Å²) in [7, 11) is -3.66. The minimum atomic E-state index is -3.66. The number of rotatable bonds is 2. The van der Waals surface area contributed by atoms with Crippen molar-refractivity contribution in [1.82, 2.24) is 9.62 Å². The van der Waals surface area contributed by atoms with Crippen LogP contribution in [-0.4, -0.2) is 74.6 Å². The van der Waals surface area contributed by atoms with Gasteiger partial charge in [0.05, 0.1) is 25.4 Å². The SMILES string of the molecule is CS(=O)(=O)NC(=O)C1=C[C@]23N=C(Cl)N=C(N4CCOCC4)C2C3O1.